The number of alkyl halides is 1. The van der Waals surface area contributed by atoms with E-state index in [-0.39, 0.29) is 18.3 Å². The Labute approximate surface area is 133 Å². The fourth-order valence-electron chi connectivity index (χ4n) is 1.60. The van der Waals surface area contributed by atoms with E-state index in [4.69, 9.17) is 21.1 Å². The first-order valence-electron chi connectivity index (χ1n) is 6.64. The summed E-state index contributed by atoms with van der Waals surface area (Å²) in [7, 11) is 1.61. The Hall–Kier alpha value is -2.40. The zero-order valence-electron chi connectivity index (χ0n) is 12.0. The molecule has 0 aliphatic carbocycles. The monoisotopic (exact) mass is 318 g/mol. The maximum atomic E-state index is 11.3. The number of hydrogen-bond acceptors (Lipinski definition) is 5. The molecular weight excluding hydrogens is 304 g/mol. The maximum absolute atomic E-state index is 11.3. The number of nitrogens with zero attached hydrogens (tertiary/aromatic N) is 2. The van der Waals surface area contributed by atoms with Crippen LogP contribution in [0.1, 0.15) is 6.42 Å². The van der Waals surface area contributed by atoms with Gasteiger partial charge < -0.3 is 9.47 Å². The molecule has 2 aromatic carbocycles. The van der Waals surface area contributed by atoms with E-state index in [1.807, 2.05) is 24.3 Å². The molecule has 0 saturated carbocycles. The molecule has 6 heteroatoms. The highest BCUT2D eigenvalue weighted by molar-refractivity contribution is 6.18. The predicted octanol–water partition coefficient (Wildman–Crippen LogP) is 4.64. The molecule has 0 spiro atoms. The van der Waals surface area contributed by atoms with Crippen LogP contribution in [-0.2, 0) is 4.79 Å². The fourth-order valence-corrected chi connectivity index (χ4v) is 1.76. The number of carbonyl (C=O) groups is 1. The molecule has 0 fully saturated rings. The molecule has 0 heterocycles. The van der Waals surface area contributed by atoms with Crippen molar-refractivity contribution in [1.82, 2.24) is 0 Å². The van der Waals surface area contributed by atoms with Gasteiger partial charge in [0, 0.05) is 5.88 Å². The first-order chi connectivity index (χ1) is 10.7. The molecule has 0 unspecified atom stereocenters. The van der Waals surface area contributed by atoms with E-state index >= 15 is 0 Å². The van der Waals surface area contributed by atoms with Crippen molar-refractivity contribution in [3.63, 3.8) is 0 Å². The third kappa shape index (κ3) is 4.86. The SMILES string of the molecule is COc1ccc(N=Nc2ccc(OC(=O)CCCl)cc2)cc1. The van der Waals surface area contributed by atoms with Crippen molar-refractivity contribution in [2.45, 2.75) is 6.42 Å². The van der Waals surface area contributed by atoms with E-state index in [1.54, 1.807) is 31.4 Å². The molecule has 0 aliphatic rings. The van der Waals surface area contributed by atoms with E-state index in [2.05, 4.69) is 10.2 Å². The first kappa shape index (κ1) is 16.0. The van der Waals surface area contributed by atoms with Gasteiger partial charge in [0.1, 0.15) is 11.5 Å². The smallest absolute Gasteiger partial charge is 0.312 e. The van der Waals surface area contributed by atoms with Gasteiger partial charge in [-0.25, -0.2) is 0 Å². The number of ether oxygens (including phenoxy) is 2. The number of benzene rings is 2. The van der Waals surface area contributed by atoms with Crippen LogP contribution in [0.3, 0.4) is 0 Å². The topological polar surface area (TPSA) is 60.3 Å². The molecule has 0 atom stereocenters. The molecule has 114 valence electrons. The summed E-state index contributed by atoms with van der Waals surface area (Å²) in [5.74, 6) is 1.11. The van der Waals surface area contributed by atoms with Gasteiger partial charge in [0.05, 0.1) is 24.9 Å². The average molecular weight is 319 g/mol. The lowest BCUT2D eigenvalue weighted by atomic mass is 10.3. The minimum atomic E-state index is -0.359. The maximum Gasteiger partial charge on any atom is 0.312 e. The number of rotatable bonds is 6. The third-order valence-electron chi connectivity index (χ3n) is 2.72. The summed E-state index contributed by atoms with van der Waals surface area (Å²) >= 11 is 5.47. The highest BCUT2D eigenvalue weighted by atomic mass is 35.5. The Balaban J connectivity index is 1.97. The second kappa shape index (κ2) is 8.14. The van der Waals surface area contributed by atoms with Crippen molar-refractivity contribution >= 4 is 28.9 Å². The van der Waals surface area contributed by atoms with Crippen molar-refractivity contribution in [2.24, 2.45) is 10.2 Å². The molecule has 0 aromatic heterocycles. The summed E-state index contributed by atoms with van der Waals surface area (Å²) in [5.41, 5.74) is 1.38. The minimum absolute atomic E-state index is 0.181. The Morgan fingerprint density at radius 2 is 1.45 bits per heavy atom. The molecule has 22 heavy (non-hydrogen) atoms. The lowest BCUT2D eigenvalue weighted by molar-refractivity contribution is -0.133. The predicted molar refractivity (Wildman–Crippen MR) is 84.6 cm³/mol. The molecule has 0 amide bonds. The second-order valence-corrected chi connectivity index (χ2v) is 4.68. The Morgan fingerprint density at radius 1 is 0.955 bits per heavy atom. The fraction of sp³-hybridized carbons (Fsp3) is 0.188. The van der Waals surface area contributed by atoms with Gasteiger partial charge >= 0.3 is 5.97 Å². The van der Waals surface area contributed by atoms with Gasteiger partial charge in [0.15, 0.2) is 0 Å². The summed E-state index contributed by atoms with van der Waals surface area (Å²) < 4.78 is 10.2. The van der Waals surface area contributed by atoms with Crippen LogP contribution in [0.2, 0.25) is 0 Å². The molecule has 5 nitrogen and oxygen atoms in total. The van der Waals surface area contributed by atoms with Gasteiger partial charge in [-0.05, 0) is 48.5 Å². The number of halogens is 1. The molecule has 0 aliphatic heterocycles. The quantitative estimate of drug-likeness (QED) is 0.337. The van der Waals surface area contributed by atoms with Crippen LogP contribution < -0.4 is 9.47 Å². The highest BCUT2D eigenvalue weighted by Gasteiger charge is 2.03. The minimum Gasteiger partial charge on any atom is -0.497 e. The van der Waals surface area contributed by atoms with Crippen molar-refractivity contribution in [3.05, 3.63) is 48.5 Å². The van der Waals surface area contributed by atoms with Gasteiger partial charge in [-0.3, -0.25) is 4.79 Å². The van der Waals surface area contributed by atoms with E-state index in [0.717, 1.165) is 11.4 Å². The number of carbonyl (C=O) groups excluding carboxylic acids is 1. The zero-order valence-corrected chi connectivity index (χ0v) is 12.8. The summed E-state index contributed by atoms with van der Waals surface area (Å²) in [6, 6.07) is 14.0. The van der Waals surface area contributed by atoms with Crippen molar-refractivity contribution in [1.29, 1.82) is 0 Å². The average Bonchev–Trinajstić information content (AvgIpc) is 2.55. The van der Waals surface area contributed by atoms with Crippen molar-refractivity contribution in [2.75, 3.05) is 13.0 Å². The van der Waals surface area contributed by atoms with Crippen LogP contribution in [0, 0.1) is 0 Å². The van der Waals surface area contributed by atoms with Crippen molar-refractivity contribution in [3.8, 4) is 11.5 Å². The third-order valence-corrected chi connectivity index (χ3v) is 2.91. The Bertz CT molecular complexity index is 639. The van der Waals surface area contributed by atoms with Crippen LogP contribution in [0.25, 0.3) is 0 Å². The van der Waals surface area contributed by atoms with E-state index in [1.165, 1.54) is 0 Å². The summed E-state index contributed by atoms with van der Waals surface area (Å²) in [6.45, 7) is 0. The van der Waals surface area contributed by atoms with Gasteiger partial charge in [0.25, 0.3) is 0 Å². The van der Waals surface area contributed by atoms with Crippen molar-refractivity contribution < 1.29 is 14.3 Å². The zero-order chi connectivity index (χ0) is 15.8. The van der Waals surface area contributed by atoms with Crippen LogP contribution in [0.4, 0.5) is 11.4 Å². The lowest BCUT2D eigenvalue weighted by Crippen LogP contribution is -2.07. The van der Waals surface area contributed by atoms with Crippen LogP contribution in [0.5, 0.6) is 11.5 Å². The summed E-state index contributed by atoms with van der Waals surface area (Å²) in [4.78, 5) is 11.3. The van der Waals surface area contributed by atoms with E-state index in [0.29, 0.717) is 11.4 Å². The summed E-state index contributed by atoms with van der Waals surface area (Å²) in [6.07, 6.45) is 0.181. The molecular formula is C16H15ClN2O3. The molecule has 0 N–H and O–H groups in total. The first-order valence-corrected chi connectivity index (χ1v) is 7.17. The second-order valence-electron chi connectivity index (χ2n) is 4.30. The molecule has 2 rings (SSSR count). The molecule has 0 radical (unpaired) electrons. The molecule has 2 aromatic rings. The number of esters is 1. The van der Waals surface area contributed by atoms with Crippen LogP contribution in [0.15, 0.2) is 58.8 Å². The Kier molecular flexibility index (Phi) is 5.91. The van der Waals surface area contributed by atoms with Gasteiger partial charge in [0.2, 0.25) is 0 Å². The van der Waals surface area contributed by atoms with Gasteiger partial charge in [-0.15, -0.1) is 11.6 Å². The standard InChI is InChI=1S/C16H15ClN2O3/c1-21-14-6-2-12(3-7-14)18-19-13-4-8-15(9-5-13)22-16(20)10-11-17/h2-9H,10-11H2,1H3. The number of methoxy groups -OCH3 is 1. The van der Waals surface area contributed by atoms with Gasteiger partial charge in [-0.2, -0.15) is 10.2 Å². The molecule has 0 bridgehead atoms. The highest BCUT2D eigenvalue weighted by Crippen LogP contribution is 2.23. The van der Waals surface area contributed by atoms with Crippen LogP contribution >= 0.6 is 11.6 Å². The largest absolute Gasteiger partial charge is 0.497 e. The normalized spacial score (nSPS) is 10.6. The van der Waals surface area contributed by atoms with E-state index < -0.39 is 0 Å². The van der Waals surface area contributed by atoms with Crippen LogP contribution in [-0.4, -0.2) is 19.0 Å². The summed E-state index contributed by atoms with van der Waals surface area (Å²) in [5, 5.41) is 8.23. The van der Waals surface area contributed by atoms with E-state index in [9.17, 15) is 4.79 Å². The Morgan fingerprint density at radius 3 is 1.91 bits per heavy atom. The lowest BCUT2D eigenvalue weighted by Gasteiger charge is -2.02. The number of hydrogen-bond donors (Lipinski definition) is 0. The molecule has 0 saturated heterocycles. The van der Waals surface area contributed by atoms with Gasteiger partial charge in [-0.1, -0.05) is 0 Å². The number of azo groups is 1.